The number of nitrogens with one attached hydrogen (secondary N) is 1. The molecular formula is C14H15ClN2O4S2. The zero-order valence-electron chi connectivity index (χ0n) is 12.2. The molecule has 0 atom stereocenters. The van der Waals surface area contributed by atoms with Gasteiger partial charge in [-0.15, -0.1) is 0 Å². The summed E-state index contributed by atoms with van der Waals surface area (Å²) in [6.45, 7) is 1.81. The first-order valence-electron chi connectivity index (χ1n) is 6.45. The Hall–Kier alpha value is -1.61. The zero-order valence-corrected chi connectivity index (χ0v) is 14.5. The van der Waals surface area contributed by atoms with Gasteiger partial charge in [0, 0.05) is 5.69 Å². The predicted octanol–water partition coefficient (Wildman–Crippen LogP) is 2.24. The Bertz CT molecular complexity index is 924. The standard InChI is InChI=1S/C14H15ClN2O4S2/c1-10-2-7-14(13(15)8-10)23(20,21)17-12-5-3-11(4-6-12)9-22(16,18)19/h2-8,17H,9H2,1H3,(H2,16,18,19). The molecule has 0 aliphatic heterocycles. The Labute approximate surface area is 140 Å². The minimum Gasteiger partial charge on any atom is -0.280 e. The number of aryl methyl sites for hydroxylation is 1. The van der Waals surface area contributed by atoms with E-state index in [1.165, 1.54) is 30.3 Å². The van der Waals surface area contributed by atoms with Crippen LogP contribution in [0, 0.1) is 6.92 Å². The van der Waals surface area contributed by atoms with E-state index in [0.29, 0.717) is 11.3 Å². The van der Waals surface area contributed by atoms with Crippen LogP contribution in [0.15, 0.2) is 47.4 Å². The average Bonchev–Trinajstić information content (AvgIpc) is 2.38. The topological polar surface area (TPSA) is 106 Å². The molecule has 2 aromatic carbocycles. The van der Waals surface area contributed by atoms with Crippen LogP contribution in [0.2, 0.25) is 5.02 Å². The lowest BCUT2D eigenvalue weighted by Gasteiger charge is -2.10. The number of sulfonamides is 2. The highest BCUT2D eigenvalue weighted by atomic mass is 35.5. The van der Waals surface area contributed by atoms with Gasteiger partial charge in [0.1, 0.15) is 4.90 Å². The zero-order chi connectivity index (χ0) is 17.3. The van der Waals surface area contributed by atoms with Crippen molar-refractivity contribution in [2.24, 2.45) is 5.14 Å². The van der Waals surface area contributed by atoms with Crippen molar-refractivity contribution < 1.29 is 16.8 Å². The van der Waals surface area contributed by atoms with Crippen LogP contribution in [-0.2, 0) is 25.8 Å². The van der Waals surface area contributed by atoms with E-state index < -0.39 is 20.0 Å². The van der Waals surface area contributed by atoms with Crippen LogP contribution < -0.4 is 9.86 Å². The van der Waals surface area contributed by atoms with Gasteiger partial charge in [0.2, 0.25) is 10.0 Å². The molecule has 9 heteroatoms. The molecule has 0 amide bonds. The van der Waals surface area contributed by atoms with Gasteiger partial charge in [0.05, 0.1) is 10.8 Å². The van der Waals surface area contributed by atoms with Gasteiger partial charge in [0.25, 0.3) is 10.0 Å². The molecule has 0 saturated heterocycles. The number of benzene rings is 2. The number of hydrogen-bond donors (Lipinski definition) is 2. The van der Waals surface area contributed by atoms with Gasteiger partial charge in [-0.3, -0.25) is 4.72 Å². The monoisotopic (exact) mass is 374 g/mol. The molecule has 0 radical (unpaired) electrons. The molecule has 2 rings (SSSR count). The summed E-state index contributed by atoms with van der Waals surface area (Å²) in [4.78, 5) is -0.0293. The van der Waals surface area contributed by atoms with Crippen LogP contribution in [0.3, 0.4) is 0 Å². The Morgan fingerprint density at radius 3 is 2.17 bits per heavy atom. The summed E-state index contributed by atoms with van der Waals surface area (Å²) in [6.07, 6.45) is 0. The normalized spacial score (nSPS) is 12.1. The number of halogens is 1. The van der Waals surface area contributed by atoms with E-state index in [2.05, 4.69) is 4.72 Å². The van der Waals surface area contributed by atoms with Crippen molar-refractivity contribution in [1.82, 2.24) is 0 Å². The molecule has 0 aliphatic carbocycles. The number of primary sulfonamides is 1. The van der Waals surface area contributed by atoms with Crippen LogP contribution >= 0.6 is 11.6 Å². The van der Waals surface area contributed by atoms with Crippen molar-refractivity contribution >= 4 is 37.3 Å². The number of rotatable bonds is 5. The van der Waals surface area contributed by atoms with E-state index >= 15 is 0 Å². The lowest BCUT2D eigenvalue weighted by molar-refractivity contribution is 0.596. The molecule has 6 nitrogen and oxygen atoms in total. The van der Waals surface area contributed by atoms with Gasteiger partial charge in [-0.25, -0.2) is 22.0 Å². The van der Waals surface area contributed by atoms with Crippen LogP contribution in [0.25, 0.3) is 0 Å². The average molecular weight is 375 g/mol. The maximum absolute atomic E-state index is 12.3. The summed E-state index contributed by atoms with van der Waals surface area (Å²) >= 11 is 5.98. The SMILES string of the molecule is Cc1ccc(S(=O)(=O)Nc2ccc(CS(N)(=O)=O)cc2)c(Cl)c1. The summed E-state index contributed by atoms with van der Waals surface area (Å²) in [7, 11) is -7.47. The van der Waals surface area contributed by atoms with Gasteiger partial charge < -0.3 is 0 Å². The first kappa shape index (κ1) is 17.7. The lowest BCUT2D eigenvalue weighted by atomic mass is 10.2. The summed E-state index contributed by atoms with van der Waals surface area (Å²) in [5.41, 5.74) is 1.60. The second-order valence-electron chi connectivity index (χ2n) is 5.04. The Morgan fingerprint density at radius 2 is 1.65 bits per heavy atom. The fraction of sp³-hybridized carbons (Fsp3) is 0.143. The first-order chi connectivity index (χ1) is 10.6. The number of anilines is 1. The predicted molar refractivity (Wildman–Crippen MR) is 90.3 cm³/mol. The van der Waals surface area contributed by atoms with Crippen LogP contribution in [0.4, 0.5) is 5.69 Å². The number of hydrogen-bond acceptors (Lipinski definition) is 4. The van der Waals surface area contributed by atoms with E-state index in [1.54, 1.807) is 19.1 Å². The molecule has 2 aromatic rings. The fourth-order valence-corrected chi connectivity index (χ4v) is 4.25. The summed E-state index contributed by atoms with van der Waals surface area (Å²) < 4.78 is 49.1. The van der Waals surface area contributed by atoms with E-state index in [1.807, 2.05) is 0 Å². The van der Waals surface area contributed by atoms with Crippen molar-refractivity contribution in [2.45, 2.75) is 17.6 Å². The van der Waals surface area contributed by atoms with Gasteiger partial charge in [-0.1, -0.05) is 29.8 Å². The lowest BCUT2D eigenvalue weighted by Crippen LogP contribution is -2.15. The second kappa shape index (κ2) is 6.48. The van der Waals surface area contributed by atoms with Crippen molar-refractivity contribution in [3.8, 4) is 0 Å². The second-order valence-corrected chi connectivity index (χ2v) is 8.72. The van der Waals surface area contributed by atoms with Crippen molar-refractivity contribution in [2.75, 3.05) is 4.72 Å². The molecule has 0 bridgehead atoms. The van der Waals surface area contributed by atoms with Crippen molar-refractivity contribution in [1.29, 1.82) is 0 Å². The third-order valence-electron chi connectivity index (χ3n) is 2.95. The molecular weight excluding hydrogens is 360 g/mol. The highest BCUT2D eigenvalue weighted by molar-refractivity contribution is 7.92. The van der Waals surface area contributed by atoms with Gasteiger partial charge in [-0.2, -0.15) is 0 Å². The van der Waals surface area contributed by atoms with E-state index in [-0.39, 0.29) is 15.7 Å². The third-order valence-corrected chi connectivity index (χ3v) is 5.55. The van der Waals surface area contributed by atoms with Gasteiger partial charge in [-0.05, 0) is 42.3 Å². The summed E-state index contributed by atoms with van der Waals surface area (Å²) in [5.74, 6) is -0.316. The summed E-state index contributed by atoms with van der Waals surface area (Å²) in [5, 5.41) is 5.09. The maximum atomic E-state index is 12.3. The van der Waals surface area contributed by atoms with Gasteiger partial charge >= 0.3 is 0 Å². The molecule has 0 aromatic heterocycles. The minimum absolute atomic E-state index is 0.0293. The molecule has 0 aliphatic rings. The molecule has 0 saturated carbocycles. The van der Waals surface area contributed by atoms with Crippen molar-refractivity contribution in [3.63, 3.8) is 0 Å². The Balaban J connectivity index is 2.24. The first-order valence-corrected chi connectivity index (χ1v) is 10.0. The molecule has 0 unspecified atom stereocenters. The Kier molecular flexibility index (Phi) is 5.00. The molecule has 23 heavy (non-hydrogen) atoms. The smallest absolute Gasteiger partial charge is 0.263 e. The van der Waals surface area contributed by atoms with Crippen LogP contribution in [-0.4, -0.2) is 16.8 Å². The largest absolute Gasteiger partial charge is 0.280 e. The van der Waals surface area contributed by atoms with E-state index in [0.717, 1.165) is 5.56 Å². The minimum atomic E-state index is -3.83. The quantitative estimate of drug-likeness (QED) is 0.836. The van der Waals surface area contributed by atoms with Crippen LogP contribution in [0.5, 0.6) is 0 Å². The maximum Gasteiger partial charge on any atom is 0.263 e. The fourth-order valence-electron chi connectivity index (χ4n) is 1.94. The highest BCUT2D eigenvalue weighted by Gasteiger charge is 2.18. The Morgan fingerprint density at radius 1 is 1.04 bits per heavy atom. The third kappa shape index (κ3) is 4.93. The number of nitrogens with two attached hydrogens (primary N) is 1. The van der Waals surface area contributed by atoms with Crippen LogP contribution in [0.1, 0.15) is 11.1 Å². The molecule has 0 heterocycles. The molecule has 3 N–H and O–H groups in total. The summed E-state index contributed by atoms with van der Waals surface area (Å²) in [6, 6.07) is 10.5. The van der Waals surface area contributed by atoms with Gasteiger partial charge in [0.15, 0.2) is 0 Å². The van der Waals surface area contributed by atoms with E-state index in [9.17, 15) is 16.8 Å². The van der Waals surface area contributed by atoms with E-state index in [4.69, 9.17) is 16.7 Å². The highest BCUT2D eigenvalue weighted by Crippen LogP contribution is 2.25. The molecule has 0 spiro atoms. The molecule has 124 valence electrons. The molecule has 0 fully saturated rings. The van der Waals surface area contributed by atoms with Crippen molar-refractivity contribution in [3.05, 3.63) is 58.6 Å².